The Morgan fingerprint density at radius 2 is 1.75 bits per heavy atom. The number of benzene rings is 2. The van der Waals surface area contributed by atoms with E-state index in [0.29, 0.717) is 10.2 Å². The van der Waals surface area contributed by atoms with E-state index < -0.39 is 15.9 Å². The lowest BCUT2D eigenvalue weighted by Gasteiger charge is -2.08. The molecule has 0 spiro atoms. The van der Waals surface area contributed by atoms with E-state index in [-0.39, 0.29) is 10.5 Å². The molecule has 0 radical (unpaired) electrons. The molecule has 1 amide bonds. The number of halogens is 1. The predicted molar refractivity (Wildman–Crippen MR) is 79.6 cm³/mol. The van der Waals surface area contributed by atoms with Crippen molar-refractivity contribution in [2.75, 3.05) is 5.73 Å². The molecule has 0 heterocycles. The topological polar surface area (TPSA) is 89.3 Å². The number of carbonyl (C=O) groups is 1. The Bertz CT molecular complexity index is 745. The number of nitrogen functional groups attached to an aromatic ring is 1. The molecule has 104 valence electrons. The lowest BCUT2D eigenvalue weighted by atomic mass is 10.2. The summed E-state index contributed by atoms with van der Waals surface area (Å²) in [5.41, 5.74) is 6.12. The molecule has 0 saturated carbocycles. The maximum Gasteiger partial charge on any atom is 0.266 e. The van der Waals surface area contributed by atoms with Crippen LogP contribution in [0.1, 0.15) is 10.4 Å². The van der Waals surface area contributed by atoms with E-state index in [1.54, 1.807) is 30.3 Å². The molecular formula is C13H11BrN2O3S. The van der Waals surface area contributed by atoms with Gasteiger partial charge in [0.1, 0.15) is 0 Å². The number of sulfonamides is 1. The number of hydrogen-bond donors (Lipinski definition) is 2. The molecule has 0 unspecified atom stereocenters. The summed E-state index contributed by atoms with van der Waals surface area (Å²) in [5, 5.41) is 0. The first-order valence-electron chi connectivity index (χ1n) is 5.57. The maximum atomic E-state index is 12.0. The van der Waals surface area contributed by atoms with Crippen molar-refractivity contribution in [2.45, 2.75) is 4.90 Å². The van der Waals surface area contributed by atoms with Crippen molar-refractivity contribution in [1.82, 2.24) is 4.72 Å². The van der Waals surface area contributed by atoms with Crippen molar-refractivity contribution in [1.29, 1.82) is 0 Å². The van der Waals surface area contributed by atoms with Crippen LogP contribution < -0.4 is 10.5 Å². The zero-order chi connectivity index (χ0) is 14.8. The van der Waals surface area contributed by atoms with Crippen molar-refractivity contribution in [3.8, 4) is 0 Å². The Morgan fingerprint density at radius 1 is 1.10 bits per heavy atom. The standard InChI is InChI=1S/C13H11BrN2O3S/c14-12-7-6-9(15)8-11(12)13(17)16-20(18,19)10-4-2-1-3-5-10/h1-8H,15H2,(H,16,17). The van der Waals surface area contributed by atoms with Gasteiger partial charge in [0.2, 0.25) is 0 Å². The molecular weight excluding hydrogens is 344 g/mol. The number of anilines is 1. The number of rotatable bonds is 3. The fraction of sp³-hybridized carbons (Fsp3) is 0. The summed E-state index contributed by atoms with van der Waals surface area (Å²) >= 11 is 3.18. The van der Waals surface area contributed by atoms with Crippen molar-refractivity contribution >= 4 is 37.5 Å². The third-order valence-corrected chi connectivity index (χ3v) is 4.55. The number of nitrogens with one attached hydrogen (secondary N) is 1. The van der Waals surface area contributed by atoms with Crippen molar-refractivity contribution in [3.63, 3.8) is 0 Å². The van der Waals surface area contributed by atoms with E-state index in [2.05, 4.69) is 15.9 Å². The van der Waals surface area contributed by atoms with Crippen LogP contribution in [0.2, 0.25) is 0 Å². The van der Waals surface area contributed by atoms with Gasteiger partial charge in [-0.2, -0.15) is 0 Å². The quantitative estimate of drug-likeness (QED) is 0.826. The van der Waals surface area contributed by atoms with Gasteiger partial charge in [-0.05, 0) is 46.3 Å². The van der Waals surface area contributed by atoms with Gasteiger partial charge in [0.25, 0.3) is 15.9 Å². The first-order chi connectivity index (χ1) is 9.40. The highest BCUT2D eigenvalue weighted by atomic mass is 79.9. The lowest BCUT2D eigenvalue weighted by Crippen LogP contribution is -2.30. The molecule has 2 aromatic carbocycles. The Hall–Kier alpha value is -1.86. The van der Waals surface area contributed by atoms with E-state index in [4.69, 9.17) is 5.73 Å². The van der Waals surface area contributed by atoms with Gasteiger partial charge in [-0.25, -0.2) is 13.1 Å². The minimum Gasteiger partial charge on any atom is -0.399 e. The van der Waals surface area contributed by atoms with Gasteiger partial charge in [0.15, 0.2) is 0 Å². The van der Waals surface area contributed by atoms with Gasteiger partial charge in [0.05, 0.1) is 10.5 Å². The van der Waals surface area contributed by atoms with Crippen LogP contribution in [0.15, 0.2) is 57.9 Å². The van der Waals surface area contributed by atoms with Gasteiger partial charge >= 0.3 is 0 Å². The number of hydrogen-bond acceptors (Lipinski definition) is 4. The molecule has 7 heteroatoms. The van der Waals surface area contributed by atoms with Gasteiger partial charge in [-0.3, -0.25) is 4.79 Å². The summed E-state index contributed by atoms with van der Waals surface area (Å²) in [6.45, 7) is 0. The molecule has 0 aliphatic heterocycles. The average molecular weight is 355 g/mol. The van der Waals surface area contributed by atoms with Gasteiger partial charge in [-0.1, -0.05) is 18.2 Å². The van der Waals surface area contributed by atoms with Gasteiger partial charge in [-0.15, -0.1) is 0 Å². The van der Waals surface area contributed by atoms with E-state index in [1.165, 1.54) is 18.2 Å². The Morgan fingerprint density at radius 3 is 2.40 bits per heavy atom. The molecule has 0 aliphatic rings. The molecule has 2 rings (SSSR count). The molecule has 0 saturated heterocycles. The number of nitrogens with two attached hydrogens (primary N) is 1. The Balaban J connectivity index is 2.30. The normalized spacial score (nSPS) is 11.1. The highest BCUT2D eigenvalue weighted by Gasteiger charge is 2.19. The highest BCUT2D eigenvalue weighted by Crippen LogP contribution is 2.20. The van der Waals surface area contributed by atoms with Crippen LogP contribution in [-0.4, -0.2) is 14.3 Å². The predicted octanol–water partition coefficient (Wildman–Crippen LogP) is 2.15. The molecule has 0 bridgehead atoms. The molecule has 2 aromatic rings. The van der Waals surface area contributed by atoms with Gasteiger partial charge < -0.3 is 5.73 Å². The van der Waals surface area contributed by atoms with Gasteiger partial charge in [0, 0.05) is 10.2 Å². The van der Waals surface area contributed by atoms with Crippen LogP contribution in [0.25, 0.3) is 0 Å². The maximum absolute atomic E-state index is 12.0. The first kappa shape index (κ1) is 14.5. The monoisotopic (exact) mass is 354 g/mol. The van der Waals surface area contributed by atoms with E-state index in [9.17, 15) is 13.2 Å². The molecule has 3 N–H and O–H groups in total. The summed E-state index contributed by atoms with van der Waals surface area (Å²) < 4.78 is 26.5. The summed E-state index contributed by atoms with van der Waals surface area (Å²) in [6, 6.07) is 12.3. The molecule has 0 atom stereocenters. The minimum absolute atomic E-state index is 0.0216. The van der Waals surface area contributed by atoms with Crippen molar-refractivity contribution < 1.29 is 13.2 Å². The van der Waals surface area contributed by atoms with Crippen LogP contribution in [0.3, 0.4) is 0 Å². The average Bonchev–Trinajstić information content (AvgIpc) is 2.42. The van der Waals surface area contributed by atoms with E-state index in [1.807, 2.05) is 4.72 Å². The lowest BCUT2D eigenvalue weighted by molar-refractivity contribution is 0.0980. The highest BCUT2D eigenvalue weighted by molar-refractivity contribution is 9.10. The molecule has 5 nitrogen and oxygen atoms in total. The van der Waals surface area contributed by atoms with Crippen LogP contribution in [0, 0.1) is 0 Å². The van der Waals surface area contributed by atoms with E-state index >= 15 is 0 Å². The minimum atomic E-state index is -3.90. The summed E-state index contributed by atoms with van der Waals surface area (Å²) in [6.07, 6.45) is 0. The molecule has 0 aliphatic carbocycles. The zero-order valence-corrected chi connectivity index (χ0v) is 12.6. The van der Waals surface area contributed by atoms with Crippen LogP contribution in [-0.2, 0) is 10.0 Å². The zero-order valence-electron chi connectivity index (χ0n) is 10.2. The number of amides is 1. The SMILES string of the molecule is Nc1ccc(Br)c(C(=O)NS(=O)(=O)c2ccccc2)c1. The van der Waals surface area contributed by atoms with Crippen LogP contribution >= 0.6 is 15.9 Å². The second-order valence-electron chi connectivity index (χ2n) is 3.99. The fourth-order valence-corrected chi connectivity index (χ4v) is 2.97. The third kappa shape index (κ3) is 3.17. The third-order valence-electron chi connectivity index (χ3n) is 2.52. The molecule has 0 aromatic heterocycles. The molecule has 20 heavy (non-hydrogen) atoms. The van der Waals surface area contributed by atoms with Crippen LogP contribution in [0.4, 0.5) is 5.69 Å². The van der Waals surface area contributed by atoms with Crippen LogP contribution in [0.5, 0.6) is 0 Å². The largest absolute Gasteiger partial charge is 0.399 e. The van der Waals surface area contributed by atoms with Crippen molar-refractivity contribution in [2.24, 2.45) is 0 Å². The summed E-state index contributed by atoms with van der Waals surface area (Å²) in [4.78, 5) is 12.1. The first-order valence-corrected chi connectivity index (χ1v) is 7.85. The summed E-state index contributed by atoms with van der Waals surface area (Å²) in [7, 11) is -3.90. The Kier molecular flexibility index (Phi) is 4.10. The fourth-order valence-electron chi connectivity index (χ4n) is 1.55. The summed E-state index contributed by atoms with van der Waals surface area (Å²) in [5.74, 6) is -0.743. The Labute approximate surface area is 125 Å². The second-order valence-corrected chi connectivity index (χ2v) is 6.52. The smallest absolute Gasteiger partial charge is 0.266 e. The van der Waals surface area contributed by atoms with E-state index in [0.717, 1.165) is 0 Å². The second kappa shape index (κ2) is 5.64. The number of carbonyl (C=O) groups excluding carboxylic acids is 1. The van der Waals surface area contributed by atoms with Crippen molar-refractivity contribution in [3.05, 3.63) is 58.6 Å². The molecule has 0 fully saturated rings.